The van der Waals surface area contributed by atoms with Crippen LogP contribution in [0.1, 0.15) is 32.6 Å². The van der Waals surface area contributed by atoms with Gasteiger partial charge in [-0.05, 0) is 68.2 Å². The number of fused-ring (bicyclic) bond motifs is 2. The summed E-state index contributed by atoms with van der Waals surface area (Å²) in [7, 11) is 0. The second-order valence-electron chi connectivity index (χ2n) is 6.44. The Kier molecular flexibility index (Phi) is 4.39. The molecule has 1 aromatic rings. The highest BCUT2D eigenvalue weighted by Gasteiger charge is 2.42. The van der Waals surface area contributed by atoms with Gasteiger partial charge in [0.1, 0.15) is 5.75 Å². The van der Waals surface area contributed by atoms with Crippen LogP contribution in [0.5, 0.6) is 5.75 Å². The molecule has 0 aromatic heterocycles. The first-order valence-electron chi connectivity index (χ1n) is 7.79. The van der Waals surface area contributed by atoms with Crippen molar-refractivity contribution in [3.63, 3.8) is 0 Å². The van der Waals surface area contributed by atoms with Gasteiger partial charge in [0.2, 0.25) is 0 Å². The molecule has 2 saturated carbocycles. The number of amides is 1. The number of carbonyl (C=O) groups excluding carboxylic acids is 1. The Morgan fingerprint density at radius 2 is 2.10 bits per heavy atom. The summed E-state index contributed by atoms with van der Waals surface area (Å²) in [6, 6.07) is 7.31. The van der Waals surface area contributed by atoms with Crippen molar-refractivity contribution >= 4 is 17.5 Å². The van der Waals surface area contributed by atoms with Gasteiger partial charge in [-0.3, -0.25) is 4.79 Å². The summed E-state index contributed by atoms with van der Waals surface area (Å²) >= 11 is 5.81. The smallest absolute Gasteiger partial charge is 0.258 e. The zero-order valence-corrected chi connectivity index (χ0v) is 13.1. The topological polar surface area (TPSA) is 38.3 Å². The predicted molar refractivity (Wildman–Crippen MR) is 83.5 cm³/mol. The van der Waals surface area contributed by atoms with Crippen molar-refractivity contribution in [2.24, 2.45) is 17.8 Å². The van der Waals surface area contributed by atoms with E-state index in [1.165, 1.54) is 25.7 Å². The van der Waals surface area contributed by atoms with E-state index in [1.807, 2.05) is 0 Å². The molecule has 3 nitrogen and oxygen atoms in total. The van der Waals surface area contributed by atoms with Crippen molar-refractivity contribution in [2.75, 3.05) is 6.61 Å². The fourth-order valence-corrected chi connectivity index (χ4v) is 4.11. The molecule has 1 amide bonds. The summed E-state index contributed by atoms with van der Waals surface area (Å²) in [6.45, 7) is 2.19. The van der Waals surface area contributed by atoms with E-state index in [-0.39, 0.29) is 18.6 Å². The SMILES string of the molecule is C[C@H](NC(=O)COc1ccc(Cl)cc1)[C@H]1C[C@@H]2CC[C@@H]1C2. The predicted octanol–water partition coefficient (Wildman–Crippen LogP) is 3.66. The van der Waals surface area contributed by atoms with E-state index in [9.17, 15) is 4.79 Å². The molecule has 2 aliphatic rings. The van der Waals surface area contributed by atoms with Gasteiger partial charge < -0.3 is 10.1 Å². The monoisotopic (exact) mass is 307 g/mol. The Morgan fingerprint density at radius 3 is 2.71 bits per heavy atom. The van der Waals surface area contributed by atoms with E-state index >= 15 is 0 Å². The molecule has 114 valence electrons. The van der Waals surface area contributed by atoms with Gasteiger partial charge in [0.15, 0.2) is 6.61 Å². The van der Waals surface area contributed by atoms with Crippen molar-refractivity contribution in [2.45, 2.75) is 38.6 Å². The molecule has 21 heavy (non-hydrogen) atoms. The van der Waals surface area contributed by atoms with Crippen LogP contribution in [0.3, 0.4) is 0 Å². The molecular weight excluding hydrogens is 286 g/mol. The minimum absolute atomic E-state index is 0.0415. The van der Waals surface area contributed by atoms with Gasteiger partial charge in [-0.1, -0.05) is 18.0 Å². The van der Waals surface area contributed by atoms with Crippen LogP contribution < -0.4 is 10.1 Å². The standard InChI is InChI=1S/C17H22ClNO2/c1-11(16-9-12-2-3-13(16)8-12)19-17(20)10-21-15-6-4-14(18)5-7-15/h4-7,11-13,16H,2-3,8-10H2,1H3,(H,19,20)/t11-,12+,13+,16+/m0/s1. The molecule has 1 aromatic carbocycles. The van der Waals surface area contributed by atoms with Crippen molar-refractivity contribution < 1.29 is 9.53 Å². The highest BCUT2D eigenvalue weighted by atomic mass is 35.5. The number of hydrogen-bond donors (Lipinski definition) is 1. The number of rotatable bonds is 5. The van der Waals surface area contributed by atoms with E-state index in [0.717, 1.165) is 11.8 Å². The number of hydrogen-bond acceptors (Lipinski definition) is 2. The average Bonchev–Trinajstić information content (AvgIpc) is 3.09. The minimum atomic E-state index is -0.0415. The Bertz CT molecular complexity index is 502. The maximum absolute atomic E-state index is 12.0. The van der Waals surface area contributed by atoms with Crippen molar-refractivity contribution in [1.82, 2.24) is 5.32 Å². The molecule has 0 heterocycles. The first kappa shape index (κ1) is 14.7. The van der Waals surface area contributed by atoms with Crippen LogP contribution in [0, 0.1) is 17.8 Å². The van der Waals surface area contributed by atoms with Crippen LogP contribution >= 0.6 is 11.6 Å². The summed E-state index contributed by atoms with van der Waals surface area (Å²) in [4.78, 5) is 12.0. The highest BCUT2D eigenvalue weighted by molar-refractivity contribution is 6.30. The number of halogens is 1. The summed E-state index contributed by atoms with van der Waals surface area (Å²) in [6.07, 6.45) is 5.38. The number of benzene rings is 1. The second-order valence-corrected chi connectivity index (χ2v) is 6.87. The van der Waals surface area contributed by atoms with E-state index in [4.69, 9.17) is 16.3 Å². The van der Waals surface area contributed by atoms with E-state index in [1.54, 1.807) is 24.3 Å². The fourth-order valence-electron chi connectivity index (χ4n) is 3.99. The lowest BCUT2D eigenvalue weighted by molar-refractivity contribution is -0.124. The van der Waals surface area contributed by atoms with E-state index in [0.29, 0.717) is 16.7 Å². The zero-order valence-electron chi connectivity index (χ0n) is 12.3. The molecule has 0 radical (unpaired) electrons. The van der Waals surface area contributed by atoms with Crippen LogP contribution in [0.4, 0.5) is 0 Å². The molecule has 2 bridgehead atoms. The van der Waals surface area contributed by atoms with Gasteiger partial charge in [-0.25, -0.2) is 0 Å². The molecule has 0 spiro atoms. The molecule has 1 N–H and O–H groups in total. The number of carbonyl (C=O) groups is 1. The van der Waals surface area contributed by atoms with Gasteiger partial charge in [-0.15, -0.1) is 0 Å². The molecule has 4 atom stereocenters. The lowest BCUT2D eigenvalue weighted by Gasteiger charge is -2.28. The van der Waals surface area contributed by atoms with Crippen molar-refractivity contribution in [3.8, 4) is 5.75 Å². The fraction of sp³-hybridized carbons (Fsp3) is 0.588. The van der Waals surface area contributed by atoms with Crippen molar-refractivity contribution in [1.29, 1.82) is 0 Å². The molecular formula is C17H22ClNO2. The molecule has 3 rings (SSSR count). The zero-order chi connectivity index (χ0) is 14.8. The largest absolute Gasteiger partial charge is 0.484 e. The molecule has 0 aliphatic heterocycles. The average molecular weight is 308 g/mol. The number of ether oxygens (including phenoxy) is 1. The summed E-state index contributed by atoms with van der Waals surface area (Å²) < 4.78 is 5.48. The third kappa shape index (κ3) is 3.52. The lowest BCUT2D eigenvalue weighted by atomic mass is 9.84. The minimum Gasteiger partial charge on any atom is -0.484 e. The Morgan fingerprint density at radius 1 is 1.33 bits per heavy atom. The van der Waals surface area contributed by atoms with Gasteiger partial charge in [-0.2, -0.15) is 0 Å². The van der Waals surface area contributed by atoms with Gasteiger partial charge in [0.25, 0.3) is 5.91 Å². The van der Waals surface area contributed by atoms with Crippen molar-refractivity contribution in [3.05, 3.63) is 29.3 Å². The van der Waals surface area contributed by atoms with Crippen LogP contribution in [-0.2, 0) is 4.79 Å². The summed E-state index contributed by atoms with van der Waals surface area (Å²) in [5, 5.41) is 3.76. The Labute approximate surface area is 131 Å². The van der Waals surface area contributed by atoms with Crippen LogP contribution in [0.15, 0.2) is 24.3 Å². The molecule has 2 fully saturated rings. The Balaban J connectivity index is 1.44. The second kappa shape index (κ2) is 6.27. The quantitative estimate of drug-likeness (QED) is 0.901. The molecule has 2 aliphatic carbocycles. The van der Waals surface area contributed by atoms with Gasteiger partial charge in [0.05, 0.1) is 0 Å². The van der Waals surface area contributed by atoms with E-state index in [2.05, 4.69) is 12.2 Å². The van der Waals surface area contributed by atoms with Crippen LogP contribution in [0.2, 0.25) is 5.02 Å². The highest BCUT2D eigenvalue weighted by Crippen LogP contribution is 2.49. The maximum Gasteiger partial charge on any atom is 0.258 e. The maximum atomic E-state index is 12.0. The molecule has 4 heteroatoms. The van der Waals surface area contributed by atoms with E-state index < -0.39 is 0 Å². The van der Waals surface area contributed by atoms with Crippen LogP contribution in [-0.4, -0.2) is 18.6 Å². The third-order valence-corrected chi connectivity index (χ3v) is 5.26. The van der Waals surface area contributed by atoms with Gasteiger partial charge >= 0.3 is 0 Å². The lowest BCUT2D eigenvalue weighted by Crippen LogP contribution is -2.42. The Hall–Kier alpha value is -1.22. The molecule has 0 saturated heterocycles. The van der Waals surface area contributed by atoms with Crippen LogP contribution in [0.25, 0.3) is 0 Å². The van der Waals surface area contributed by atoms with Gasteiger partial charge in [0, 0.05) is 11.1 Å². The normalized spacial score (nSPS) is 28.4. The first-order valence-corrected chi connectivity index (χ1v) is 8.17. The molecule has 0 unspecified atom stereocenters. The first-order chi connectivity index (χ1) is 10.1. The summed E-state index contributed by atoms with van der Waals surface area (Å²) in [5.41, 5.74) is 0. The number of nitrogens with one attached hydrogen (secondary N) is 1. The summed E-state index contributed by atoms with van der Waals surface area (Å²) in [5.74, 6) is 3.01. The third-order valence-electron chi connectivity index (χ3n) is 5.01.